The molecule has 0 bridgehead atoms. The summed E-state index contributed by atoms with van der Waals surface area (Å²) in [7, 11) is 0. The van der Waals surface area contributed by atoms with E-state index in [0.717, 1.165) is 11.3 Å². The minimum absolute atomic E-state index is 0.0809. The van der Waals surface area contributed by atoms with Gasteiger partial charge in [-0.15, -0.1) is 5.10 Å². The fourth-order valence-corrected chi connectivity index (χ4v) is 2.72. The van der Waals surface area contributed by atoms with E-state index < -0.39 is 0 Å². The quantitative estimate of drug-likeness (QED) is 0.445. The molecule has 122 valence electrons. The average molecular weight is 331 g/mol. The molecule has 3 N–H and O–H groups in total. The van der Waals surface area contributed by atoms with E-state index in [9.17, 15) is 4.39 Å². The van der Waals surface area contributed by atoms with Crippen LogP contribution in [0, 0.1) is 11.2 Å². The first kappa shape index (κ1) is 15.0. The second-order valence-electron chi connectivity index (χ2n) is 5.59. The molecule has 25 heavy (non-hydrogen) atoms. The van der Waals surface area contributed by atoms with Crippen LogP contribution in [-0.4, -0.2) is 20.4 Å². The highest BCUT2D eigenvalue weighted by Gasteiger charge is 2.15. The highest BCUT2D eigenvalue weighted by Crippen LogP contribution is 2.25. The van der Waals surface area contributed by atoms with Gasteiger partial charge in [0.1, 0.15) is 11.7 Å². The van der Waals surface area contributed by atoms with Crippen molar-refractivity contribution in [2.75, 3.05) is 0 Å². The van der Waals surface area contributed by atoms with Gasteiger partial charge in [0.2, 0.25) is 0 Å². The zero-order chi connectivity index (χ0) is 17.4. The Morgan fingerprint density at radius 2 is 1.64 bits per heavy atom. The summed E-state index contributed by atoms with van der Waals surface area (Å²) in [5.41, 5.74) is 9.18. The molecule has 0 atom stereocenters. The van der Waals surface area contributed by atoms with Gasteiger partial charge in [-0.3, -0.25) is 5.41 Å². The lowest BCUT2D eigenvalue weighted by molar-refractivity contribution is 0.628. The number of nitrogens with zero attached hydrogens (tertiary/aromatic N) is 3. The molecule has 6 heteroatoms. The average Bonchev–Trinajstić information content (AvgIpc) is 3.07. The Labute approximate surface area is 143 Å². The van der Waals surface area contributed by atoms with Crippen molar-refractivity contribution in [3.05, 3.63) is 78.1 Å². The van der Waals surface area contributed by atoms with Gasteiger partial charge in [0.05, 0.1) is 11.3 Å². The molecule has 0 unspecified atom stereocenters. The summed E-state index contributed by atoms with van der Waals surface area (Å²) in [6.45, 7) is 0. The Hall–Kier alpha value is -3.54. The Bertz CT molecular complexity index is 1070. The molecule has 0 fully saturated rings. The third-order valence-electron chi connectivity index (χ3n) is 3.95. The van der Waals surface area contributed by atoms with Crippen LogP contribution >= 0.6 is 0 Å². The van der Waals surface area contributed by atoms with Gasteiger partial charge < -0.3 is 5.73 Å². The number of amidine groups is 1. The lowest BCUT2D eigenvalue weighted by Gasteiger charge is -2.07. The summed E-state index contributed by atoms with van der Waals surface area (Å²) >= 11 is 0. The molecule has 2 aromatic carbocycles. The fourth-order valence-electron chi connectivity index (χ4n) is 2.72. The van der Waals surface area contributed by atoms with Crippen LogP contribution < -0.4 is 5.73 Å². The summed E-state index contributed by atoms with van der Waals surface area (Å²) in [4.78, 5) is 4.53. The number of nitrogens with two attached hydrogens (primary N) is 1. The topological polar surface area (TPSA) is 80.1 Å². The van der Waals surface area contributed by atoms with Gasteiger partial charge in [0.15, 0.2) is 11.5 Å². The zero-order valence-electron chi connectivity index (χ0n) is 13.1. The summed E-state index contributed by atoms with van der Waals surface area (Å²) in [6.07, 6.45) is 0. The molecule has 0 amide bonds. The highest BCUT2D eigenvalue weighted by atomic mass is 19.1. The van der Waals surface area contributed by atoms with Gasteiger partial charge in [-0.25, -0.2) is 13.9 Å². The van der Waals surface area contributed by atoms with Crippen molar-refractivity contribution >= 4 is 11.5 Å². The van der Waals surface area contributed by atoms with E-state index in [1.54, 1.807) is 22.7 Å². The van der Waals surface area contributed by atoms with Crippen molar-refractivity contribution in [3.63, 3.8) is 0 Å². The zero-order valence-corrected chi connectivity index (χ0v) is 13.1. The van der Waals surface area contributed by atoms with Crippen molar-refractivity contribution in [1.29, 1.82) is 5.41 Å². The molecular weight excluding hydrogens is 317 g/mol. The normalized spacial score (nSPS) is 10.9. The van der Waals surface area contributed by atoms with E-state index in [2.05, 4.69) is 10.1 Å². The standard InChI is InChI=1S/C19H14FN5/c20-14-8-6-13(7-9-14)18-23-19-15(17(21)22)10-11-16(25(19)24-18)12-4-2-1-3-5-12/h1-11H,(H3,21,22). The summed E-state index contributed by atoms with van der Waals surface area (Å²) in [5.74, 6) is 0.0514. The van der Waals surface area contributed by atoms with Crippen molar-refractivity contribution in [2.45, 2.75) is 0 Å². The van der Waals surface area contributed by atoms with E-state index in [0.29, 0.717) is 22.6 Å². The van der Waals surface area contributed by atoms with Crippen LogP contribution in [0.4, 0.5) is 4.39 Å². The van der Waals surface area contributed by atoms with Gasteiger partial charge in [-0.2, -0.15) is 0 Å². The number of rotatable bonds is 3. The number of aromatic nitrogens is 3. The SMILES string of the molecule is N=C(N)c1ccc(-c2ccccc2)n2nc(-c3ccc(F)cc3)nc12. The number of nitrogens with one attached hydrogen (secondary N) is 1. The molecule has 2 aromatic heterocycles. The maximum absolute atomic E-state index is 13.2. The maximum Gasteiger partial charge on any atom is 0.182 e. The number of hydrogen-bond donors (Lipinski definition) is 2. The Balaban J connectivity index is 1.98. The van der Waals surface area contributed by atoms with Crippen molar-refractivity contribution in [3.8, 4) is 22.6 Å². The molecule has 0 saturated heterocycles. The second-order valence-corrected chi connectivity index (χ2v) is 5.59. The largest absolute Gasteiger partial charge is 0.384 e. The lowest BCUT2D eigenvalue weighted by Crippen LogP contribution is -2.13. The number of nitrogen functional groups attached to an aromatic ring is 1. The van der Waals surface area contributed by atoms with Crippen molar-refractivity contribution in [2.24, 2.45) is 5.73 Å². The Morgan fingerprint density at radius 1 is 0.920 bits per heavy atom. The van der Waals surface area contributed by atoms with E-state index >= 15 is 0 Å². The van der Waals surface area contributed by atoms with Gasteiger partial charge >= 0.3 is 0 Å². The van der Waals surface area contributed by atoms with Crippen molar-refractivity contribution in [1.82, 2.24) is 14.6 Å². The molecule has 0 radical (unpaired) electrons. The number of halogens is 1. The predicted octanol–water partition coefficient (Wildman–Crippen LogP) is 3.49. The highest BCUT2D eigenvalue weighted by molar-refractivity contribution is 6.01. The number of benzene rings is 2. The number of fused-ring (bicyclic) bond motifs is 1. The molecule has 2 heterocycles. The van der Waals surface area contributed by atoms with E-state index in [1.807, 2.05) is 36.4 Å². The van der Waals surface area contributed by atoms with E-state index in [-0.39, 0.29) is 11.7 Å². The Kier molecular flexibility index (Phi) is 3.50. The minimum atomic E-state index is -0.318. The first-order valence-corrected chi connectivity index (χ1v) is 7.69. The fraction of sp³-hybridized carbons (Fsp3) is 0. The molecule has 0 aliphatic carbocycles. The Morgan fingerprint density at radius 3 is 2.32 bits per heavy atom. The molecular formula is C19H14FN5. The minimum Gasteiger partial charge on any atom is -0.384 e. The van der Waals surface area contributed by atoms with Gasteiger partial charge in [-0.1, -0.05) is 30.3 Å². The summed E-state index contributed by atoms with van der Waals surface area (Å²) in [5, 5.41) is 12.3. The van der Waals surface area contributed by atoms with Gasteiger partial charge in [-0.05, 0) is 36.4 Å². The lowest BCUT2D eigenvalue weighted by atomic mass is 10.1. The van der Waals surface area contributed by atoms with Crippen LogP contribution in [0.2, 0.25) is 0 Å². The molecule has 5 nitrogen and oxygen atoms in total. The monoisotopic (exact) mass is 331 g/mol. The number of hydrogen-bond acceptors (Lipinski definition) is 3. The summed E-state index contributed by atoms with van der Waals surface area (Å²) < 4.78 is 14.8. The van der Waals surface area contributed by atoms with Crippen LogP contribution in [0.1, 0.15) is 5.56 Å². The molecule has 0 aliphatic heterocycles. The van der Waals surface area contributed by atoms with Crippen molar-refractivity contribution < 1.29 is 4.39 Å². The van der Waals surface area contributed by atoms with Gasteiger partial charge in [0, 0.05) is 11.1 Å². The van der Waals surface area contributed by atoms with E-state index in [1.165, 1.54) is 12.1 Å². The first-order valence-electron chi connectivity index (χ1n) is 7.69. The first-order chi connectivity index (χ1) is 12.1. The van der Waals surface area contributed by atoms with Crippen LogP contribution in [0.3, 0.4) is 0 Å². The third kappa shape index (κ3) is 2.63. The molecule has 0 aliphatic rings. The number of pyridine rings is 1. The van der Waals surface area contributed by atoms with Crippen LogP contribution in [0.15, 0.2) is 66.7 Å². The van der Waals surface area contributed by atoms with Crippen LogP contribution in [-0.2, 0) is 0 Å². The second kappa shape index (κ2) is 5.83. The van der Waals surface area contributed by atoms with Crippen LogP contribution in [0.5, 0.6) is 0 Å². The maximum atomic E-state index is 13.2. The van der Waals surface area contributed by atoms with Crippen LogP contribution in [0.25, 0.3) is 28.3 Å². The summed E-state index contributed by atoms with van der Waals surface area (Å²) in [6, 6.07) is 19.4. The predicted molar refractivity (Wildman–Crippen MR) is 94.8 cm³/mol. The molecule has 4 rings (SSSR count). The molecule has 0 spiro atoms. The molecule has 0 saturated carbocycles. The third-order valence-corrected chi connectivity index (χ3v) is 3.95. The van der Waals surface area contributed by atoms with Gasteiger partial charge in [0.25, 0.3) is 0 Å². The smallest absolute Gasteiger partial charge is 0.182 e. The van der Waals surface area contributed by atoms with E-state index in [4.69, 9.17) is 11.1 Å². The molecule has 4 aromatic rings.